The van der Waals surface area contributed by atoms with Crippen molar-refractivity contribution in [1.82, 2.24) is 0 Å². The predicted octanol–water partition coefficient (Wildman–Crippen LogP) is -0.202. The van der Waals surface area contributed by atoms with Gasteiger partial charge in [-0.2, -0.15) is 0 Å². The Labute approximate surface area is 70.6 Å². The van der Waals surface area contributed by atoms with E-state index >= 15 is 0 Å². The number of methoxy groups -OCH3 is 1. The molecule has 5 heteroatoms. The summed E-state index contributed by atoms with van der Waals surface area (Å²) >= 11 is 0. The molecule has 0 spiro atoms. The maximum atomic E-state index is 10.1. The van der Waals surface area contributed by atoms with Gasteiger partial charge in [0.15, 0.2) is 0 Å². The second-order valence-electron chi connectivity index (χ2n) is 1.19. The van der Waals surface area contributed by atoms with Crippen LogP contribution in [0.4, 0.5) is 0 Å². The van der Waals surface area contributed by atoms with E-state index in [0.717, 1.165) is 6.08 Å². The first-order valence-corrected chi connectivity index (χ1v) is 2.15. The average molecular weight is 195 g/mol. The Bertz CT molecular complexity index is 152. The van der Waals surface area contributed by atoms with Crippen LogP contribution in [0.1, 0.15) is 0 Å². The summed E-state index contributed by atoms with van der Waals surface area (Å²) in [5.41, 5.74) is 0. The Morgan fingerprint density at radius 3 is 2.20 bits per heavy atom. The second-order valence-corrected chi connectivity index (χ2v) is 1.19. The molecule has 0 aromatic carbocycles. The van der Waals surface area contributed by atoms with Crippen molar-refractivity contribution >= 4 is 11.9 Å². The van der Waals surface area contributed by atoms with E-state index in [2.05, 4.69) is 4.74 Å². The maximum absolute atomic E-state index is 10.1. The Kier molecular flexibility index (Phi) is 7.72. The van der Waals surface area contributed by atoms with Gasteiger partial charge in [-0.05, 0) is 0 Å². The fourth-order valence-electron chi connectivity index (χ4n) is 0.207. The number of rotatable bonds is 2. The topological polar surface area (TPSA) is 63.6 Å². The minimum atomic E-state index is -1.17. The molecule has 0 fully saturated rings. The number of ether oxygens (including phenoxy) is 1. The van der Waals surface area contributed by atoms with Gasteiger partial charge in [-0.1, -0.05) is 0 Å². The molecule has 0 heterocycles. The summed E-state index contributed by atoms with van der Waals surface area (Å²) in [6.45, 7) is 0. The number of aliphatic carboxylic acids is 1. The van der Waals surface area contributed by atoms with Crippen molar-refractivity contribution in [1.29, 1.82) is 0 Å². The summed E-state index contributed by atoms with van der Waals surface area (Å²) in [7, 11) is 1.18. The van der Waals surface area contributed by atoms with E-state index in [-0.39, 0.29) is 19.5 Å². The molecule has 52 valence electrons. The molecule has 0 bridgehead atoms. The van der Waals surface area contributed by atoms with Crippen LogP contribution in [0.5, 0.6) is 0 Å². The molecule has 0 atom stereocenters. The van der Waals surface area contributed by atoms with E-state index < -0.39 is 11.9 Å². The molecule has 0 unspecified atom stereocenters. The van der Waals surface area contributed by atoms with Crippen molar-refractivity contribution in [3.63, 3.8) is 0 Å². The maximum Gasteiger partial charge on any atom is 0.330 e. The molecule has 1 N–H and O–H groups in total. The largest absolute Gasteiger partial charge is 0.478 e. The quantitative estimate of drug-likeness (QED) is 0.376. The Morgan fingerprint density at radius 1 is 1.40 bits per heavy atom. The fraction of sp³-hybridized carbons (Fsp3) is 0.200. The number of carbonyl (C=O) groups is 2. The van der Waals surface area contributed by atoms with E-state index in [0.29, 0.717) is 6.08 Å². The molecule has 0 aromatic rings. The van der Waals surface area contributed by atoms with Crippen LogP contribution in [-0.2, 0) is 33.8 Å². The summed E-state index contributed by atoms with van der Waals surface area (Å²) in [6, 6.07) is 0. The molecule has 0 saturated carbocycles. The third-order valence-electron chi connectivity index (χ3n) is 0.563. The number of hydrogen-bond donors (Lipinski definition) is 1. The first kappa shape index (κ1) is 12.0. The summed E-state index contributed by atoms with van der Waals surface area (Å²) < 4.78 is 4.11. The Balaban J connectivity index is 0. The average Bonchev–Trinajstić information content (AvgIpc) is 1.83. The van der Waals surface area contributed by atoms with E-state index in [4.69, 9.17) is 5.11 Å². The third-order valence-corrected chi connectivity index (χ3v) is 0.563. The molecule has 4 nitrogen and oxygen atoms in total. The SMILES string of the molecule is COC(=O)/C=C\C(=O)O.[Zn]. The third kappa shape index (κ3) is 7.30. The zero-order valence-electron chi connectivity index (χ0n) is 5.53. The van der Waals surface area contributed by atoms with Crippen LogP contribution in [0.3, 0.4) is 0 Å². The van der Waals surface area contributed by atoms with Crippen molar-refractivity contribution in [3.05, 3.63) is 12.2 Å². The molecule has 0 rings (SSSR count). The van der Waals surface area contributed by atoms with Crippen LogP contribution in [0.25, 0.3) is 0 Å². The molecular weight excluding hydrogens is 189 g/mol. The molecule has 0 aromatic heterocycles. The minimum absolute atomic E-state index is 0. The van der Waals surface area contributed by atoms with Crippen LogP contribution in [0.15, 0.2) is 12.2 Å². The van der Waals surface area contributed by atoms with Gasteiger partial charge in [-0.15, -0.1) is 0 Å². The molecule has 0 amide bonds. The van der Waals surface area contributed by atoms with Gasteiger partial charge in [-0.25, -0.2) is 9.59 Å². The zero-order valence-corrected chi connectivity index (χ0v) is 8.50. The van der Waals surface area contributed by atoms with Crippen molar-refractivity contribution in [2.75, 3.05) is 7.11 Å². The molecular formula is C5H6O4Zn. The van der Waals surface area contributed by atoms with Gasteiger partial charge in [0.05, 0.1) is 7.11 Å². The van der Waals surface area contributed by atoms with Gasteiger partial charge in [0.1, 0.15) is 0 Å². The first-order chi connectivity index (χ1) is 4.16. The Hall–Kier alpha value is -0.697. The molecule has 0 aliphatic rings. The van der Waals surface area contributed by atoms with E-state index in [1.54, 1.807) is 0 Å². The molecule has 0 aliphatic carbocycles. The second kappa shape index (κ2) is 6.42. The monoisotopic (exact) mass is 194 g/mol. The van der Waals surface area contributed by atoms with Crippen LogP contribution in [-0.4, -0.2) is 24.2 Å². The fourth-order valence-corrected chi connectivity index (χ4v) is 0.207. The summed E-state index contributed by atoms with van der Waals surface area (Å²) in [4.78, 5) is 19.9. The van der Waals surface area contributed by atoms with Crippen molar-refractivity contribution < 1.29 is 38.9 Å². The van der Waals surface area contributed by atoms with Gasteiger partial charge in [0.2, 0.25) is 0 Å². The van der Waals surface area contributed by atoms with Gasteiger partial charge in [0, 0.05) is 31.6 Å². The number of carboxylic acids is 1. The van der Waals surface area contributed by atoms with Gasteiger partial charge in [-0.3, -0.25) is 0 Å². The Morgan fingerprint density at radius 2 is 1.90 bits per heavy atom. The standard InChI is InChI=1S/C5H6O4.Zn/c1-9-5(8)3-2-4(6)7;/h2-3H,1H3,(H,6,7);/b3-2-;. The smallest absolute Gasteiger partial charge is 0.330 e. The van der Waals surface area contributed by atoms with Crippen molar-refractivity contribution in [2.45, 2.75) is 0 Å². The minimum Gasteiger partial charge on any atom is -0.478 e. The summed E-state index contributed by atoms with van der Waals surface area (Å²) in [6.07, 6.45) is 1.55. The van der Waals surface area contributed by atoms with Gasteiger partial charge in [0.25, 0.3) is 0 Å². The number of carboxylic acid groups (broad SMARTS) is 1. The number of hydrogen-bond acceptors (Lipinski definition) is 3. The molecule has 0 aliphatic heterocycles. The van der Waals surface area contributed by atoms with Crippen molar-refractivity contribution in [3.8, 4) is 0 Å². The van der Waals surface area contributed by atoms with Gasteiger partial charge < -0.3 is 9.84 Å². The predicted molar refractivity (Wildman–Crippen MR) is 28.8 cm³/mol. The normalized spacial score (nSPS) is 8.50. The summed E-state index contributed by atoms with van der Waals surface area (Å²) in [5, 5.41) is 7.96. The van der Waals surface area contributed by atoms with Crippen LogP contribution < -0.4 is 0 Å². The first-order valence-electron chi connectivity index (χ1n) is 2.15. The number of carbonyl (C=O) groups excluding carboxylic acids is 1. The van der Waals surface area contributed by atoms with Crippen molar-refractivity contribution in [2.24, 2.45) is 0 Å². The van der Waals surface area contributed by atoms with E-state index in [9.17, 15) is 9.59 Å². The van der Waals surface area contributed by atoms with E-state index in [1.165, 1.54) is 7.11 Å². The summed E-state index contributed by atoms with van der Waals surface area (Å²) in [5.74, 6) is -1.84. The molecule has 10 heavy (non-hydrogen) atoms. The number of esters is 1. The van der Waals surface area contributed by atoms with Gasteiger partial charge >= 0.3 is 11.9 Å². The van der Waals surface area contributed by atoms with E-state index in [1.807, 2.05) is 0 Å². The zero-order chi connectivity index (χ0) is 7.28. The van der Waals surface area contributed by atoms with Crippen LogP contribution >= 0.6 is 0 Å². The molecule has 0 radical (unpaired) electrons. The molecule has 0 saturated heterocycles. The van der Waals surface area contributed by atoms with Crippen LogP contribution in [0.2, 0.25) is 0 Å². The van der Waals surface area contributed by atoms with Crippen LogP contribution in [0, 0.1) is 0 Å².